The molecule has 0 amide bonds. The van der Waals surface area contributed by atoms with Gasteiger partial charge < -0.3 is 10.3 Å². The van der Waals surface area contributed by atoms with Gasteiger partial charge in [-0.15, -0.1) is 0 Å². The van der Waals surface area contributed by atoms with Gasteiger partial charge >= 0.3 is 0 Å². The molecule has 1 saturated heterocycles. The normalized spacial score (nSPS) is 14.6. The second kappa shape index (κ2) is 9.12. The van der Waals surface area contributed by atoms with Crippen molar-refractivity contribution in [2.75, 3.05) is 13.1 Å². The number of nitrogens with zero attached hydrogens (tertiary/aromatic N) is 3. The van der Waals surface area contributed by atoms with E-state index in [1.54, 1.807) is 12.1 Å². The van der Waals surface area contributed by atoms with Gasteiger partial charge in [0.15, 0.2) is 0 Å². The number of H-pyrrole nitrogens is 1. The molecule has 5 nitrogen and oxygen atoms in total. The van der Waals surface area contributed by atoms with Crippen molar-refractivity contribution in [3.05, 3.63) is 95.8 Å². The van der Waals surface area contributed by atoms with Crippen LogP contribution in [0.4, 0.5) is 4.39 Å². The molecule has 0 unspecified atom stereocenters. The molecule has 4 heterocycles. The van der Waals surface area contributed by atoms with Gasteiger partial charge in [-0.25, -0.2) is 9.37 Å². The summed E-state index contributed by atoms with van der Waals surface area (Å²) in [6.45, 7) is 4.78. The van der Waals surface area contributed by atoms with E-state index in [2.05, 4.69) is 52.7 Å². The van der Waals surface area contributed by atoms with Gasteiger partial charge in [0.1, 0.15) is 11.5 Å². The van der Waals surface area contributed by atoms with Crippen molar-refractivity contribution in [3.63, 3.8) is 0 Å². The topological polar surface area (TPSA) is 58.5 Å². The molecule has 1 aliphatic rings. The first-order valence-electron chi connectivity index (χ1n) is 12.2. The van der Waals surface area contributed by atoms with Crippen molar-refractivity contribution < 1.29 is 4.39 Å². The number of hydrogen-bond donors (Lipinski definition) is 2. The molecule has 5 aromatic rings. The second-order valence-electron chi connectivity index (χ2n) is 9.40. The predicted octanol–water partition coefficient (Wildman–Crippen LogP) is 6.06. The van der Waals surface area contributed by atoms with Crippen LogP contribution < -0.4 is 5.32 Å². The Kier molecular flexibility index (Phi) is 5.66. The van der Waals surface area contributed by atoms with Gasteiger partial charge in [-0.05, 0) is 73.7 Å². The van der Waals surface area contributed by atoms with E-state index in [1.807, 2.05) is 29.3 Å². The molecular weight excluding hydrogens is 437 g/mol. The molecule has 2 aromatic carbocycles. The van der Waals surface area contributed by atoms with Crippen LogP contribution in [0.5, 0.6) is 0 Å². The number of halogens is 1. The largest absolute Gasteiger partial charge is 0.346 e. The minimum absolute atomic E-state index is 0.230. The Morgan fingerprint density at radius 2 is 1.80 bits per heavy atom. The van der Waals surface area contributed by atoms with Crippen molar-refractivity contribution in [1.29, 1.82) is 0 Å². The van der Waals surface area contributed by atoms with Gasteiger partial charge in [-0.1, -0.05) is 36.4 Å². The fourth-order valence-corrected chi connectivity index (χ4v) is 5.17. The summed E-state index contributed by atoms with van der Waals surface area (Å²) in [6, 6.07) is 17.9. The van der Waals surface area contributed by atoms with Crippen LogP contribution >= 0.6 is 0 Å². The summed E-state index contributed by atoms with van der Waals surface area (Å²) < 4.78 is 15.5. The molecule has 176 valence electrons. The zero-order chi connectivity index (χ0) is 23.8. The molecule has 0 bridgehead atoms. The molecule has 6 rings (SSSR count). The van der Waals surface area contributed by atoms with Gasteiger partial charge in [0.25, 0.3) is 0 Å². The monoisotopic (exact) mass is 465 g/mol. The van der Waals surface area contributed by atoms with E-state index in [-0.39, 0.29) is 5.82 Å². The molecule has 0 saturated carbocycles. The van der Waals surface area contributed by atoms with Crippen LogP contribution in [0.15, 0.2) is 73.2 Å². The van der Waals surface area contributed by atoms with Crippen molar-refractivity contribution >= 4 is 11.0 Å². The molecule has 6 heteroatoms. The van der Waals surface area contributed by atoms with E-state index in [4.69, 9.17) is 4.98 Å². The maximum Gasteiger partial charge on any atom is 0.137 e. The lowest BCUT2D eigenvalue weighted by atomic mass is 9.89. The number of rotatable bonds is 5. The summed E-state index contributed by atoms with van der Waals surface area (Å²) in [5, 5.41) is 9.10. The molecule has 2 N–H and O–H groups in total. The quantitative estimate of drug-likeness (QED) is 0.332. The summed E-state index contributed by atoms with van der Waals surface area (Å²) in [5.74, 6) is 0.417. The van der Waals surface area contributed by atoms with Crippen molar-refractivity contribution in [3.8, 4) is 22.3 Å². The van der Waals surface area contributed by atoms with Gasteiger partial charge in [0, 0.05) is 40.2 Å². The number of benzene rings is 2. The van der Waals surface area contributed by atoms with Crippen LogP contribution in [0, 0.1) is 12.7 Å². The molecule has 1 fully saturated rings. The Labute approximate surface area is 204 Å². The van der Waals surface area contributed by atoms with Crippen molar-refractivity contribution in [2.45, 2.75) is 32.2 Å². The molecule has 35 heavy (non-hydrogen) atoms. The van der Waals surface area contributed by atoms with Gasteiger partial charge in [-0.3, -0.25) is 4.68 Å². The first kappa shape index (κ1) is 21.7. The third-order valence-electron chi connectivity index (χ3n) is 7.20. The number of hydrogen-bond acceptors (Lipinski definition) is 3. The fraction of sp³-hybridized carbons (Fsp3) is 0.241. The minimum Gasteiger partial charge on any atom is -0.346 e. The molecule has 0 radical (unpaired) electrons. The lowest BCUT2D eigenvalue weighted by molar-refractivity contribution is 0.460. The summed E-state index contributed by atoms with van der Waals surface area (Å²) in [5.41, 5.74) is 8.59. The summed E-state index contributed by atoms with van der Waals surface area (Å²) in [6.07, 6.45) is 8.22. The summed E-state index contributed by atoms with van der Waals surface area (Å²) >= 11 is 0. The Morgan fingerprint density at radius 1 is 0.971 bits per heavy atom. The average molecular weight is 466 g/mol. The number of nitrogens with one attached hydrogen (secondary N) is 2. The Hall–Kier alpha value is -3.77. The van der Waals surface area contributed by atoms with Gasteiger partial charge in [0.2, 0.25) is 0 Å². The molecule has 0 aliphatic carbocycles. The van der Waals surface area contributed by atoms with E-state index >= 15 is 0 Å². The van der Waals surface area contributed by atoms with E-state index in [0.717, 1.165) is 52.1 Å². The standard InChI is InChI=1S/C29H28FN5/c1-19-27(17-34-35(19)18-20-3-2-4-25(30)13-20)28-16-33-29-26(28)14-24(15-32-29)22-7-5-21(6-8-22)23-9-11-31-12-10-23/h2-8,13-17,23,31H,9-12,18H2,1H3,(H,32,33). The highest BCUT2D eigenvalue weighted by Gasteiger charge is 2.17. The highest BCUT2D eigenvalue weighted by atomic mass is 19.1. The Bertz CT molecular complexity index is 1480. The van der Waals surface area contributed by atoms with Crippen molar-refractivity contribution in [2.24, 2.45) is 0 Å². The van der Waals surface area contributed by atoms with E-state index in [1.165, 1.54) is 30.0 Å². The fourth-order valence-electron chi connectivity index (χ4n) is 5.17. The van der Waals surface area contributed by atoms with Crippen LogP contribution in [-0.4, -0.2) is 32.8 Å². The Morgan fingerprint density at radius 3 is 2.60 bits per heavy atom. The third-order valence-corrected chi connectivity index (χ3v) is 7.20. The molecular formula is C29H28FN5. The van der Waals surface area contributed by atoms with Crippen LogP contribution in [0.2, 0.25) is 0 Å². The highest BCUT2D eigenvalue weighted by molar-refractivity contribution is 5.96. The van der Waals surface area contributed by atoms with Crippen molar-refractivity contribution in [1.82, 2.24) is 25.1 Å². The first-order valence-corrected chi connectivity index (χ1v) is 12.2. The summed E-state index contributed by atoms with van der Waals surface area (Å²) in [4.78, 5) is 8.00. The van der Waals surface area contributed by atoms with Crippen LogP contribution in [-0.2, 0) is 6.54 Å². The van der Waals surface area contributed by atoms with Gasteiger partial charge in [0.05, 0.1) is 12.7 Å². The summed E-state index contributed by atoms with van der Waals surface area (Å²) in [7, 11) is 0. The smallest absolute Gasteiger partial charge is 0.137 e. The first-order chi connectivity index (χ1) is 17.2. The molecule has 0 spiro atoms. The predicted molar refractivity (Wildman–Crippen MR) is 138 cm³/mol. The van der Waals surface area contributed by atoms with Crippen LogP contribution in [0.25, 0.3) is 33.3 Å². The molecule has 1 aliphatic heterocycles. The number of piperidine rings is 1. The lowest BCUT2D eigenvalue weighted by Gasteiger charge is -2.23. The minimum atomic E-state index is -0.230. The third kappa shape index (κ3) is 4.26. The lowest BCUT2D eigenvalue weighted by Crippen LogP contribution is -2.26. The SMILES string of the molecule is Cc1c(-c2c[nH]c3ncc(-c4ccc(C5CCNCC5)cc4)cc23)cnn1Cc1cccc(F)c1. The maximum atomic E-state index is 13.6. The maximum absolute atomic E-state index is 13.6. The van der Waals surface area contributed by atoms with Gasteiger partial charge in [-0.2, -0.15) is 5.10 Å². The van der Waals surface area contributed by atoms with Crippen LogP contribution in [0.3, 0.4) is 0 Å². The van der Waals surface area contributed by atoms with Crippen LogP contribution in [0.1, 0.15) is 35.6 Å². The zero-order valence-electron chi connectivity index (χ0n) is 19.8. The van der Waals surface area contributed by atoms with E-state index in [9.17, 15) is 4.39 Å². The van der Waals surface area contributed by atoms with E-state index < -0.39 is 0 Å². The number of aromatic amines is 1. The second-order valence-corrected chi connectivity index (χ2v) is 9.40. The average Bonchev–Trinajstić information content (AvgIpc) is 3.47. The number of aromatic nitrogens is 4. The van der Waals surface area contributed by atoms with E-state index in [0.29, 0.717) is 12.5 Å². The zero-order valence-corrected chi connectivity index (χ0v) is 19.8. The molecule has 0 atom stereocenters. The highest BCUT2D eigenvalue weighted by Crippen LogP contribution is 2.33. The number of pyridine rings is 1. The Balaban J connectivity index is 1.30. The number of fused-ring (bicyclic) bond motifs is 1. The molecule has 3 aromatic heterocycles.